The van der Waals surface area contributed by atoms with Crippen LogP contribution in [0.15, 0.2) is 12.1 Å². The van der Waals surface area contributed by atoms with Crippen LogP contribution in [0.4, 0.5) is 39.9 Å². The summed E-state index contributed by atoms with van der Waals surface area (Å²) in [7, 11) is 0. The molecule has 1 saturated heterocycles. The third kappa shape index (κ3) is 7.32. The van der Waals surface area contributed by atoms with Crippen molar-refractivity contribution in [3.05, 3.63) is 29.3 Å². The molecule has 1 aliphatic carbocycles. The SMILES string of the molecule is O=C(OCOc1cc(F)c(F)cc1CN1CCN(C(=O)OC(C(F)(F)F)C(F)(F)F)CC1)C1CC1. The molecule has 2 aliphatic rings. The van der Waals surface area contributed by atoms with Crippen LogP contribution in [-0.4, -0.2) is 73.3 Å². The molecule has 3 rings (SSSR count). The quantitative estimate of drug-likeness (QED) is 0.308. The minimum atomic E-state index is -5.83. The molecule has 1 heterocycles. The first-order chi connectivity index (χ1) is 16.3. The van der Waals surface area contributed by atoms with E-state index in [0.29, 0.717) is 17.7 Å². The molecule has 1 aliphatic heterocycles. The number of amides is 1. The van der Waals surface area contributed by atoms with Crippen LogP contribution < -0.4 is 4.74 Å². The Balaban J connectivity index is 1.56. The molecule has 0 N–H and O–H groups in total. The second-order valence-electron chi connectivity index (χ2n) is 7.98. The summed E-state index contributed by atoms with van der Waals surface area (Å²) in [5, 5.41) is 0. The fourth-order valence-electron chi connectivity index (χ4n) is 3.24. The lowest BCUT2D eigenvalue weighted by Crippen LogP contribution is -2.52. The van der Waals surface area contributed by atoms with Gasteiger partial charge in [0.2, 0.25) is 6.79 Å². The van der Waals surface area contributed by atoms with Gasteiger partial charge in [-0.3, -0.25) is 9.69 Å². The van der Waals surface area contributed by atoms with Gasteiger partial charge in [-0.05, 0) is 18.9 Å². The van der Waals surface area contributed by atoms with Gasteiger partial charge in [0.25, 0.3) is 6.10 Å². The van der Waals surface area contributed by atoms with Crippen LogP contribution >= 0.6 is 0 Å². The average Bonchev–Trinajstić information content (AvgIpc) is 3.59. The van der Waals surface area contributed by atoms with Crippen LogP contribution in [0.1, 0.15) is 18.4 Å². The molecule has 1 saturated carbocycles. The standard InChI is InChI=1S/C20H20F8N2O5/c21-13-7-12(15(8-14(13)22)33-10-34-16(31)11-1-2-11)9-29-3-5-30(6-4-29)18(32)35-17(19(23,24)25)20(26,27)28/h7-8,11,17H,1-6,9-10H2. The van der Waals surface area contributed by atoms with Gasteiger partial charge in [-0.25, -0.2) is 13.6 Å². The summed E-state index contributed by atoms with van der Waals surface area (Å²) in [4.78, 5) is 25.7. The Morgan fingerprint density at radius 3 is 2.06 bits per heavy atom. The lowest BCUT2D eigenvalue weighted by Gasteiger charge is -2.35. The van der Waals surface area contributed by atoms with E-state index >= 15 is 0 Å². The average molecular weight is 520 g/mol. The van der Waals surface area contributed by atoms with Gasteiger partial charge in [0.15, 0.2) is 11.6 Å². The monoisotopic (exact) mass is 520 g/mol. The molecule has 1 aromatic carbocycles. The number of carbonyl (C=O) groups excluding carboxylic acids is 2. The second kappa shape index (κ2) is 10.4. The van der Waals surface area contributed by atoms with E-state index in [1.807, 2.05) is 0 Å². The zero-order valence-corrected chi connectivity index (χ0v) is 17.9. The number of alkyl halides is 6. The summed E-state index contributed by atoms with van der Waals surface area (Å²) in [5.41, 5.74) is 0.150. The molecule has 0 aromatic heterocycles. The smallest absolute Gasteiger partial charge is 0.434 e. The first-order valence-corrected chi connectivity index (χ1v) is 10.3. The third-order valence-corrected chi connectivity index (χ3v) is 5.27. The van der Waals surface area contributed by atoms with E-state index in [2.05, 4.69) is 4.74 Å². The number of ether oxygens (including phenoxy) is 3. The summed E-state index contributed by atoms with van der Waals surface area (Å²) in [6.07, 6.45) is -16.3. The highest BCUT2D eigenvalue weighted by molar-refractivity contribution is 5.74. The molecule has 0 bridgehead atoms. The van der Waals surface area contributed by atoms with E-state index in [9.17, 15) is 44.7 Å². The Kier molecular flexibility index (Phi) is 7.97. The van der Waals surface area contributed by atoms with Crippen molar-refractivity contribution in [2.75, 3.05) is 33.0 Å². The predicted octanol–water partition coefficient (Wildman–Crippen LogP) is 4.00. The Hall–Kier alpha value is -2.84. The number of piperazine rings is 1. The fourth-order valence-corrected chi connectivity index (χ4v) is 3.24. The maximum atomic E-state index is 13.8. The molecule has 2 fully saturated rings. The molecular formula is C20H20F8N2O5. The maximum absolute atomic E-state index is 13.8. The predicted molar refractivity (Wildman–Crippen MR) is 99.9 cm³/mol. The molecule has 7 nitrogen and oxygen atoms in total. The van der Waals surface area contributed by atoms with Gasteiger partial charge in [-0.15, -0.1) is 0 Å². The number of nitrogens with zero attached hydrogens (tertiary/aromatic N) is 2. The largest absolute Gasteiger partial charge is 0.457 e. The van der Waals surface area contributed by atoms with E-state index in [1.165, 1.54) is 0 Å². The number of hydrogen-bond acceptors (Lipinski definition) is 6. The van der Waals surface area contributed by atoms with Gasteiger partial charge in [0.05, 0.1) is 5.92 Å². The van der Waals surface area contributed by atoms with Crippen LogP contribution in [-0.2, 0) is 20.8 Å². The van der Waals surface area contributed by atoms with Crippen molar-refractivity contribution >= 4 is 12.1 Å². The molecule has 0 unspecified atom stereocenters. The van der Waals surface area contributed by atoms with Gasteiger partial charge in [0.1, 0.15) is 5.75 Å². The Morgan fingerprint density at radius 2 is 1.51 bits per heavy atom. The number of rotatable bonds is 7. The van der Waals surface area contributed by atoms with Crippen molar-refractivity contribution in [3.63, 3.8) is 0 Å². The van der Waals surface area contributed by atoms with E-state index in [4.69, 9.17) is 9.47 Å². The summed E-state index contributed by atoms with van der Waals surface area (Å²) in [5.74, 6) is -3.19. The molecule has 15 heteroatoms. The first kappa shape index (κ1) is 26.8. The highest BCUT2D eigenvalue weighted by atomic mass is 19.4. The molecule has 35 heavy (non-hydrogen) atoms. The molecule has 1 aromatic rings. The Labute approximate surface area is 193 Å². The van der Waals surface area contributed by atoms with Crippen LogP contribution in [0, 0.1) is 17.6 Å². The van der Waals surface area contributed by atoms with Gasteiger partial charge < -0.3 is 19.1 Å². The topological polar surface area (TPSA) is 68.3 Å². The second-order valence-corrected chi connectivity index (χ2v) is 7.98. The Bertz CT molecular complexity index is 913. The Morgan fingerprint density at radius 1 is 0.943 bits per heavy atom. The van der Waals surface area contributed by atoms with Gasteiger partial charge >= 0.3 is 24.4 Å². The van der Waals surface area contributed by atoms with Gasteiger partial charge in [-0.1, -0.05) is 0 Å². The van der Waals surface area contributed by atoms with Crippen LogP contribution in [0.5, 0.6) is 5.75 Å². The van der Waals surface area contributed by atoms with E-state index < -0.39 is 48.9 Å². The van der Waals surface area contributed by atoms with Gasteiger partial charge in [-0.2, -0.15) is 26.3 Å². The summed E-state index contributed by atoms with van der Waals surface area (Å²) < 4.78 is 117. The molecular weight excluding hydrogens is 500 g/mol. The van der Waals surface area contributed by atoms with Crippen LogP contribution in [0.25, 0.3) is 0 Å². The highest BCUT2D eigenvalue weighted by Gasteiger charge is 2.60. The van der Waals surface area contributed by atoms with Crippen LogP contribution in [0.2, 0.25) is 0 Å². The molecule has 196 valence electrons. The van der Waals surface area contributed by atoms with Crippen molar-refractivity contribution in [1.82, 2.24) is 9.80 Å². The third-order valence-electron chi connectivity index (χ3n) is 5.27. The van der Waals surface area contributed by atoms with E-state index in [-0.39, 0.29) is 50.0 Å². The number of carbonyl (C=O) groups is 2. The van der Waals surface area contributed by atoms with Crippen molar-refractivity contribution < 1.29 is 58.9 Å². The minimum Gasteiger partial charge on any atom is -0.457 e. The van der Waals surface area contributed by atoms with Crippen molar-refractivity contribution in [2.45, 2.75) is 37.8 Å². The van der Waals surface area contributed by atoms with Crippen molar-refractivity contribution in [3.8, 4) is 5.75 Å². The van der Waals surface area contributed by atoms with Gasteiger partial charge in [0, 0.05) is 44.4 Å². The summed E-state index contributed by atoms with van der Waals surface area (Å²) in [6, 6.07) is 1.61. The van der Waals surface area contributed by atoms with E-state index in [0.717, 1.165) is 12.1 Å². The maximum Gasteiger partial charge on any atom is 0.434 e. The van der Waals surface area contributed by atoms with Crippen molar-refractivity contribution in [2.24, 2.45) is 5.92 Å². The lowest BCUT2D eigenvalue weighted by molar-refractivity contribution is -0.308. The first-order valence-electron chi connectivity index (χ1n) is 10.3. The van der Waals surface area contributed by atoms with Crippen molar-refractivity contribution in [1.29, 1.82) is 0 Å². The van der Waals surface area contributed by atoms with E-state index in [1.54, 1.807) is 4.90 Å². The molecule has 1 amide bonds. The molecule has 0 atom stereocenters. The lowest BCUT2D eigenvalue weighted by atomic mass is 10.1. The summed E-state index contributed by atoms with van der Waals surface area (Å²) in [6.45, 7) is -1.19. The highest BCUT2D eigenvalue weighted by Crippen LogP contribution is 2.36. The number of hydrogen-bond donors (Lipinski definition) is 0. The zero-order valence-electron chi connectivity index (χ0n) is 17.9. The number of benzene rings is 1. The number of esters is 1. The molecule has 0 spiro atoms. The normalized spacial score (nSPS) is 17.5. The zero-order chi connectivity index (χ0) is 26.0. The fraction of sp³-hybridized carbons (Fsp3) is 0.600. The minimum absolute atomic E-state index is 0.0209. The number of halogens is 8. The van der Waals surface area contributed by atoms with Crippen LogP contribution in [0.3, 0.4) is 0 Å². The summed E-state index contributed by atoms with van der Waals surface area (Å²) >= 11 is 0. The molecule has 0 radical (unpaired) electrons.